The van der Waals surface area contributed by atoms with Crippen molar-refractivity contribution in [2.24, 2.45) is 11.8 Å². The molecule has 0 unspecified atom stereocenters. The maximum Gasteiger partial charge on any atom is 0.416 e. The molecule has 4 N–H and O–H groups in total. The lowest BCUT2D eigenvalue weighted by Gasteiger charge is -2.42. The molecule has 0 spiro atoms. The first kappa shape index (κ1) is 33.4. The first-order valence-corrected chi connectivity index (χ1v) is 14.2. The Morgan fingerprint density at radius 3 is 2.30 bits per heavy atom. The van der Waals surface area contributed by atoms with Gasteiger partial charge in [0.05, 0.1) is 23.4 Å². The second-order valence-electron chi connectivity index (χ2n) is 11.8. The first-order chi connectivity index (χ1) is 18.6. The first-order valence-electron chi connectivity index (χ1n) is 14.2. The van der Waals surface area contributed by atoms with Gasteiger partial charge >= 0.3 is 12.2 Å². The molecule has 1 saturated carbocycles. The minimum absolute atomic E-state index is 0.0366. The van der Waals surface area contributed by atoms with Crippen molar-refractivity contribution in [3.63, 3.8) is 0 Å². The molecule has 0 bridgehead atoms. The number of halogens is 3. The average Bonchev–Trinajstić information content (AvgIpc) is 2.85. The highest BCUT2D eigenvalue weighted by Gasteiger charge is 2.34. The van der Waals surface area contributed by atoms with Crippen molar-refractivity contribution in [2.45, 2.75) is 104 Å². The van der Waals surface area contributed by atoms with E-state index in [2.05, 4.69) is 60.9 Å². The molecule has 1 aromatic rings. The van der Waals surface area contributed by atoms with Crippen molar-refractivity contribution >= 4 is 23.5 Å². The highest BCUT2D eigenvalue weighted by atomic mass is 19.4. The van der Waals surface area contributed by atoms with E-state index in [9.17, 15) is 27.6 Å². The number of hydrogen-bond donors (Lipinski definition) is 4. The van der Waals surface area contributed by atoms with Gasteiger partial charge in [0.1, 0.15) is 0 Å². The molecule has 1 fully saturated rings. The molecule has 4 amide bonds. The molecule has 0 saturated heterocycles. The number of benzene rings is 1. The highest BCUT2D eigenvalue weighted by molar-refractivity contribution is 6.04. The molecule has 1 aliphatic carbocycles. The summed E-state index contributed by atoms with van der Waals surface area (Å²) >= 11 is 0. The van der Waals surface area contributed by atoms with Crippen molar-refractivity contribution in [3.8, 4) is 0 Å². The minimum Gasteiger partial charge on any atom is -0.352 e. The normalized spacial score (nSPS) is 19.7. The Morgan fingerprint density at radius 2 is 1.73 bits per heavy atom. The molecule has 226 valence electrons. The highest BCUT2D eigenvalue weighted by Crippen LogP contribution is 2.33. The number of anilines is 1. The lowest BCUT2D eigenvalue weighted by molar-refractivity contribution is -0.137. The van der Waals surface area contributed by atoms with Crippen molar-refractivity contribution in [2.75, 3.05) is 18.9 Å². The Kier molecular flexibility index (Phi) is 12.3. The number of hydrogen-bond acceptors (Lipinski definition) is 4. The van der Waals surface area contributed by atoms with Crippen LogP contribution in [0.1, 0.15) is 89.6 Å². The van der Waals surface area contributed by atoms with E-state index in [0.29, 0.717) is 30.0 Å². The summed E-state index contributed by atoms with van der Waals surface area (Å²) in [6.07, 6.45) is 0.0738. The summed E-state index contributed by atoms with van der Waals surface area (Å²) < 4.78 is 40.0. The van der Waals surface area contributed by atoms with E-state index in [4.69, 9.17) is 0 Å². The van der Waals surface area contributed by atoms with Crippen LogP contribution in [0, 0.1) is 11.8 Å². The Hall–Kier alpha value is -2.82. The summed E-state index contributed by atoms with van der Waals surface area (Å²) in [7, 11) is 2.13. The molecule has 3 atom stereocenters. The van der Waals surface area contributed by atoms with Gasteiger partial charge in [0.2, 0.25) is 5.91 Å². The summed E-state index contributed by atoms with van der Waals surface area (Å²) in [4.78, 5) is 40.3. The fraction of sp³-hybridized carbons (Fsp3) is 0.690. The summed E-state index contributed by atoms with van der Waals surface area (Å²) in [5.41, 5.74) is -1.51. The zero-order valence-corrected chi connectivity index (χ0v) is 24.7. The van der Waals surface area contributed by atoms with E-state index in [0.717, 1.165) is 44.2 Å². The second kappa shape index (κ2) is 14.7. The fourth-order valence-electron chi connectivity index (χ4n) is 5.04. The molecule has 0 heterocycles. The Labute approximate surface area is 236 Å². The molecular formula is C29H46F3N5O3. The topological polar surface area (TPSA) is 103 Å². The van der Waals surface area contributed by atoms with Gasteiger partial charge in [0.15, 0.2) is 0 Å². The van der Waals surface area contributed by atoms with Gasteiger partial charge in [-0.25, -0.2) is 4.79 Å². The van der Waals surface area contributed by atoms with Gasteiger partial charge in [-0.1, -0.05) is 20.3 Å². The number of rotatable bonds is 11. The molecular weight excluding hydrogens is 523 g/mol. The van der Waals surface area contributed by atoms with Crippen molar-refractivity contribution in [1.29, 1.82) is 0 Å². The van der Waals surface area contributed by atoms with Gasteiger partial charge < -0.3 is 26.2 Å². The minimum atomic E-state index is -4.68. The van der Waals surface area contributed by atoms with Crippen LogP contribution < -0.4 is 21.3 Å². The molecule has 0 radical (unpaired) electrons. The summed E-state index contributed by atoms with van der Waals surface area (Å²) in [6.45, 7) is 11.7. The number of nitrogens with one attached hydrogen (secondary N) is 4. The van der Waals surface area contributed by atoms with Crippen LogP contribution in [0.4, 0.5) is 23.7 Å². The summed E-state index contributed by atoms with van der Waals surface area (Å²) in [5, 5.41) is 10.5. The smallest absolute Gasteiger partial charge is 0.352 e. The number of urea groups is 1. The third-order valence-electron chi connectivity index (χ3n) is 7.48. The van der Waals surface area contributed by atoms with Crippen LogP contribution in [-0.2, 0) is 11.0 Å². The molecule has 1 aromatic carbocycles. The van der Waals surface area contributed by atoms with Gasteiger partial charge in [0, 0.05) is 24.2 Å². The second-order valence-corrected chi connectivity index (χ2v) is 11.8. The van der Waals surface area contributed by atoms with Gasteiger partial charge in [-0.05, 0) is 90.5 Å². The van der Waals surface area contributed by atoms with E-state index in [-0.39, 0.29) is 23.3 Å². The van der Waals surface area contributed by atoms with Crippen molar-refractivity contribution in [1.82, 2.24) is 20.9 Å². The predicted molar refractivity (Wildman–Crippen MR) is 151 cm³/mol. The van der Waals surface area contributed by atoms with Crippen LogP contribution in [0.5, 0.6) is 0 Å². The summed E-state index contributed by atoms with van der Waals surface area (Å²) in [6, 6.07) is 2.43. The Morgan fingerprint density at radius 1 is 1.05 bits per heavy atom. The Balaban J connectivity index is 2.10. The van der Waals surface area contributed by atoms with Crippen molar-refractivity contribution in [3.05, 3.63) is 29.3 Å². The van der Waals surface area contributed by atoms with Crippen molar-refractivity contribution < 1.29 is 27.6 Å². The zero-order chi connectivity index (χ0) is 30.2. The fourth-order valence-corrected chi connectivity index (χ4v) is 5.04. The summed E-state index contributed by atoms with van der Waals surface area (Å²) in [5.74, 6) is -0.459. The lowest BCUT2D eigenvalue weighted by Crippen LogP contribution is -2.51. The van der Waals surface area contributed by atoms with Gasteiger partial charge in [-0.15, -0.1) is 0 Å². The maximum atomic E-state index is 13.3. The largest absolute Gasteiger partial charge is 0.416 e. The number of alkyl halides is 3. The van der Waals surface area contributed by atoms with Gasteiger partial charge in [0.25, 0.3) is 5.91 Å². The molecule has 0 aliphatic heterocycles. The SMILES string of the molecule is CC(C)CC[C@@H]1C[C@H](N(C)C(C)C)CC[C@@H]1NC(=O)CNC(=O)c1cc(C(F)(F)F)ccc1NC(=O)NC(C)C. The van der Waals surface area contributed by atoms with Gasteiger partial charge in [-0.3, -0.25) is 9.59 Å². The zero-order valence-electron chi connectivity index (χ0n) is 24.7. The van der Waals surface area contributed by atoms with Crippen LogP contribution in [0.15, 0.2) is 18.2 Å². The number of amides is 4. The van der Waals surface area contributed by atoms with Crippen LogP contribution >= 0.6 is 0 Å². The van der Waals surface area contributed by atoms with Gasteiger partial charge in [-0.2, -0.15) is 13.2 Å². The van der Waals surface area contributed by atoms with E-state index in [1.807, 2.05) is 0 Å². The van der Waals surface area contributed by atoms with Crippen LogP contribution in [-0.4, -0.2) is 60.5 Å². The monoisotopic (exact) mass is 569 g/mol. The number of carbonyl (C=O) groups is 3. The average molecular weight is 570 g/mol. The Bertz CT molecular complexity index is 1010. The molecule has 40 heavy (non-hydrogen) atoms. The van der Waals surface area contributed by atoms with Crippen LogP contribution in [0.3, 0.4) is 0 Å². The lowest BCUT2D eigenvalue weighted by atomic mass is 9.77. The molecule has 1 aliphatic rings. The third-order valence-corrected chi connectivity index (χ3v) is 7.48. The molecule has 11 heteroatoms. The van der Waals surface area contributed by atoms with E-state index in [1.54, 1.807) is 13.8 Å². The maximum absolute atomic E-state index is 13.3. The third kappa shape index (κ3) is 10.3. The standard InChI is InChI=1S/C29H46F3N5O3/c1-17(2)8-9-20-14-22(37(7)19(5)6)11-13-24(20)35-26(38)16-33-27(39)23-15-21(29(30,31)32)10-12-25(23)36-28(40)34-18(3)4/h10,12,15,17-20,22,24H,8-9,11,13-14,16H2,1-7H3,(H,33,39)(H,35,38)(H2,34,36,40)/t20-,22-,24+/m1/s1. The predicted octanol–water partition coefficient (Wildman–Crippen LogP) is 5.40. The number of carbonyl (C=O) groups excluding carboxylic acids is 3. The van der Waals surface area contributed by atoms with E-state index in [1.165, 1.54) is 0 Å². The number of nitrogens with zero attached hydrogens (tertiary/aromatic N) is 1. The van der Waals surface area contributed by atoms with E-state index >= 15 is 0 Å². The quantitative estimate of drug-likeness (QED) is 0.287. The van der Waals surface area contributed by atoms with E-state index < -0.39 is 36.1 Å². The molecule has 8 nitrogen and oxygen atoms in total. The molecule has 0 aromatic heterocycles. The van der Waals surface area contributed by atoms with Crippen LogP contribution in [0.2, 0.25) is 0 Å². The molecule has 2 rings (SSSR count). The van der Waals surface area contributed by atoms with Crippen LogP contribution in [0.25, 0.3) is 0 Å².